The van der Waals surface area contributed by atoms with Crippen LogP contribution in [0.4, 0.5) is 0 Å². The van der Waals surface area contributed by atoms with E-state index in [4.69, 9.17) is 14.6 Å². The zero-order chi connectivity index (χ0) is 38.0. The van der Waals surface area contributed by atoms with Gasteiger partial charge >= 0.3 is 0 Å². The number of phenols is 3. The van der Waals surface area contributed by atoms with E-state index in [2.05, 4.69) is 33.8 Å². The number of phenolic OH excluding ortho intramolecular Hbond substituents is 3. The highest BCUT2D eigenvalue weighted by Gasteiger charge is 2.10. The number of nitrogens with zero attached hydrogens (tertiary/aromatic N) is 3. The van der Waals surface area contributed by atoms with E-state index in [1.165, 1.54) is 22.3 Å². The molecule has 0 aliphatic heterocycles. The summed E-state index contributed by atoms with van der Waals surface area (Å²) in [5, 5.41) is 38.0. The molecule has 0 aromatic heterocycles. The SMILES string of the molecule is CN(COc1ccccc1)Cc1ccccc1O.CN(Cc1ccccc1O)Cc1ccccc1O.Cc1cc(OCN(C)CO)c(C)c(C)c1C. The molecule has 9 heteroatoms. The Morgan fingerprint density at radius 1 is 0.481 bits per heavy atom. The number of ether oxygens (including phenoxy) is 2. The van der Waals surface area contributed by atoms with E-state index in [0.29, 0.717) is 50.3 Å². The van der Waals surface area contributed by atoms with Gasteiger partial charge in [-0.25, -0.2) is 0 Å². The van der Waals surface area contributed by atoms with Gasteiger partial charge < -0.3 is 29.9 Å². The lowest BCUT2D eigenvalue weighted by Crippen LogP contribution is -2.24. The summed E-state index contributed by atoms with van der Waals surface area (Å²) < 4.78 is 11.3. The average Bonchev–Trinajstić information content (AvgIpc) is 3.14. The fraction of sp³-hybridized carbons (Fsp3) is 0.302. The number of hydrogen-bond donors (Lipinski definition) is 4. The molecule has 0 atom stereocenters. The minimum atomic E-state index is 0.00285. The molecular formula is C43H55N3O6. The van der Waals surface area contributed by atoms with Gasteiger partial charge in [0.2, 0.25) is 0 Å². The molecule has 5 rings (SSSR count). The number of aryl methyl sites for hydroxylation is 1. The smallest absolute Gasteiger partial charge is 0.143 e. The Kier molecular flexibility index (Phi) is 17.0. The maximum atomic E-state index is 9.70. The molecular weight excluding hydrogens is 654 g/mol. The Labute approximate surface area is 309 Å². The molecule has 9 nitrogen and oxygen atoms in total. The van der Waals surface area contributed by atoms with Crippen LogP contribution in [0, 0.1) is 27.7 Å². The van der Waals surface area contributed by atoms with Crippen LogP contribution in [0.2, 0.25) is 0 Å². The second-order valence-corrected chi connectivity index (χ2v) is 13.0. The topological polar surface area (TPSA) is 109 Å². The second kappa shape index (κ2) is 21.3. The zero-order valence-corrected chi connectivity index (χ0v) is 31.6. The zero-order valence-electron chi connectivity index (χ0n) is 31.6. The first kappa shape index (κ1) is 41.4. The van der Waals surface area contributed by atoms with Gasteiger partial charge in [-0.3, -0.25) is 14.7 Å². The van der Waals surface area contributed by atoms with Crippen LogP contribution in [0.3, 0.4) is 0 Å². The maximum absolute atomic E-state index is 9.70. The Hall–Kier alpha value is -5.06. The van der Waals surface area contributed by atoms with E-state index in [9.17, 15) is 15.3 Å². The van der Waals surface area contributed by atoms with Crippen molar-refractivity contribution in [3.63, 3.8) is 0 Å². The minimum absolute atomic E-state index is 0.00285. The van der Waals surface area contributed by atoms with E-state index < -0.39 is 0 Å². The van der Waals surface area contributed by atoms with E-state index in [0.717, 1.165) is 28.2 Å². The van der Waals surface area contributed by atoms with Gasteiger partial charge in [0.15, 0.2) is 0 Å². The van der Waals surface area contributed by atoms with Crippen LogP contribution in [-0.2, 0) is 19.6 Å². The Bertz CT molecular complexity index is 1750. The first-order chi connectivity index (χ1) is 24.9. The van der Waals surface area contributed by atoms with Crippen molar-refractivity contribution in [1.82, 2.24) is 14.7 Å². The van der Waals surface area contributed by atoms with Gasteiger partial charge in [0.1, 0.15) is 42.2 Å². The van der Waals surface area contributed by atoms with E-state index in [1.807, 2.05) is 116 Å². The highest BCUT2D eigenvalue weighted by molar-refractivity contribution is 5.47. The quantitative estimate of drug-likeness (QED) is 0.0914. The molecule has 0 saturated carbocycles. The number of para-hydroxylation sites is 4. The van der Waals surface area contributed by atoms with E-state index in [1.54, 1.807) is 23.1 Å². The predicted molar refractivity (Wildman–Crippen MR) is 209 cm³/mol. The van der Waals surface area contributed by atoms with Crippen molar-refractivity contribution in [2.75, 3.05) is 41.3 Å². The Morgan fingerprint density at radius 3 is 1.37 bits per heavy atom. The third-order valence-electron chi connectivity index (χ3n) is 8.61. The molecule has 0 bridgehead atoms. The summed E-state index contributed by atoms with van der Waals surface area (Å²) in [6, 6.07) is 33.7. The van der Waals surface area contributed by atoms with Crippen molar-refractivity contribution in [2.45, 2.75) is 47.3 Å². The van der Waals surface area contributed by atoms with Crippen molar-refractivity contribution < 1.29 is 29.9 Å². The minimum Gasteiger partial charge on any atom is -0.508 e. The number of hydrogen-bond acceptors (Lipinski definition) is 9. The molecule has 0 fully saturated rings. The lowest BCUT2D eigenvalue weighted by molar-refractivity contribution is 0.0629. The van der Waals surface area contributed by atoms with Crippen LogP contribution in [0.15, 0.2) is 109 Å². The molecule has 0 amide bonds. The van der Waals surface area contributed by atoms with Crippen LogP contribution in [-0.4, -0.2) is 76.5 Å². The first-order valence-electron chi connectivity index (χ1n) is 17.2. The molecule has 0 unspecified atom stereocenters. The van der Waals surface area contributed by atoms with Gasteiger partial charge in [-0.15, -0.1) is 0 Å². The third-order valence-corrected chi connectivity index (χ3v) is 8.61. The van der Waals surface area contributed by atoms with Crippen LogP contribution in [0.1, 0.15) is 38.9 Å². The molecule has 52 heavy (non-hydrogen) atoms. The van der Waals surface area contributed by atoms with Crippen LogP contribution < -0.4 is 9.47 Å². The van der Waals surface area contributed by atoms with E-state index >= 15 is 0 Å². The summed E-state index contributed by atoms with van der Waals surface area (Å²) in [4.78, 5) is 5.75. The van der Waals surface area contributed by atoms with Crippen LogP contribution >= 0.6 is 0 Å². The summed E-state index contributed by atoms with van der Waals surface area (Å²) in [5.41, 5.74) is 7.68. The number of aliphatic hydroxyl groups excluding tert-OH is 1. The molecule has 0 heterocycles. The number of benzene rings is 5. The van der Waals surface area contributed by atoms with Crippen molar-refractivity contribution in [3.05, 3.63) is 148 Å². The molecule has 0 spiro atoms. The fourth-order valence-corrected chi connectivity index (χ4v) is 5.15. The van der Waals surface area contributed by atoms with Crippen molar-refractivity contribution in [3.8, 4) is 28.7 Å². The highest BCUT2D eigenvalue weighted by Crippen LogP contribution is 2.27. The monoisotopic (exact) mass is 709 g/mol. The number of rotatable bonds is 13. The largest absolute Gasteiger partial charge is 0.508 e. The third kappa shape index (κ3) is 13.6. The predicted octanol–water partition coefficient (Wildman–Crippen LogP) is 7.73. The van der Waals surface area contributed by atoms with Gasteiger partial charge in [0.25, 0.3) is 0 Å². The maximum Gasteiger partial charge on any atom is 0.143 e. The lowest BCUT2D eigenvalue weighted by Gasteiger charge is -2.18. The van der Waals surface area contributed by atoms with Crippen LogP contribution in [0.25, 0.3) is 0 Å². The highest BCUT2D eigenvalue weighted by atomic mass is 16.5. The van der Waals surface area contributed by atoms with Gasteiger partial charge in [-0.1, -0.05) is 72.8 Å². The fourth-order valence-electron chi connectivity index (χ4n) is 5.15. The van der Waals surface area contributed by atoms with Crippen molar-refractivity contribution in [2.24, 2.45) is 0 Å². The molecule has 4 N–H and O–H groups in total. The summed E-state index contributed by atoms with van der Waals surface area (Å²) in [7, 11) is 5.72. The molecule has 5 aromatic rings. The summed E-state index contributed by atoms with van der Waals surface area (Å²) in [6.45, 7) is 11.2. The molecule has 278 valence electrons. The molecule has 0 radical (unpaired) electrons. The molecule has 0 saturated heterocycles. The van der Waals surface area contributed by atoms with Crippen molar-refractivity contribution in [1.29, 1.82) is 0 Å². The Balaban J connectivity index is 0.000000211. The molecule has 0 aliphatic carbocycles. The van der Waals surface area contributed by atoms with Gasteiger partial charge in [0.05, 0.1) is 6.73 Å². The first-order valence-corrected chi connectivity index (χ1v) is 17.2. The summed E-state index contributed by atoms with van der Waals surface area (Å²) in [6.07, 6.45) is 0. The van der Waals surface area contributed by atoms with Crippen molar-refractivity contribution >= 4 is 0 Å². The molecule has 0 aliphatic rings. The Morgan fingerprint density at radius 2 is 0.904 bits per heavy atom. The number of aliphatic hydroxyl groups is 1. The summed E-state index contributed by atoms with van der Waals surface area (Å²) in [5.74, 6) is 2.69. The second-order valence-electron chi connectivity index (χ2n) is 13.0. The van der Waals surface area contributed by atoms with Gasteiger partial charge in [-0.05, 0) is 107 Å². The van der Waals surface area contributed by atoms with Crippen LogP contribution in [0.5, 0.6) is 28.7 Å². The van der Waals surface area contributed by atoms with Gasteiger partial charge in [-0.2, -0.15) is 0 Å². The molecule has 5 aromatic carbocycles. The standard InChI is InChI=1S/2C15H17NO2.C13H21NO2/c1-16(10-12-6-2-4-8-14(12)17)11-13-7-3-5-9-15(13)18;1-16(11-13-7-5-6-10-15(13)17)12-18-14-8-3-2-4-9-14;1-9-6-13(16-8-14(5)7-15)12(4)11(3)10(9)2/h2-9,17-18H,10-11H2,1H3;2-10,17H,11-12H2,1H3;6,15H,7-8H2,1-5H3. The van der Waals surface area contributed by atoms with Gasteiger partial charge in [0, 0.05) is 36.3 Å². The normalized spacial score (nSPS) is 10.8. The average molecular weight is 710 g/mol. The van der Waals surface area contributed by atoms with E-state index in [-0.39, 0.29) is 6.73 Å². The number of aromatic hydroxyl groups is 3. The summed E-state index contributed by atoms with van der Waals surface area (Å²) >= 11 is 0. The lowest BCUT2D eigenvalue weighted by atomic mass is 9.99.